The number of rotatable bonds is 3. The summed E-state index contributed by atoms with van der Waals surface area (Å²) in [6, 6.07) is 7.04. The molecule has 0 amide bonds. The van der Waals surface area contributed by atoms with Crippen LogP contribution in [0.2, 0.25) is 0 Å². The van der Waals surface area contributed by atoms with E-state index in [-0.39, 0.29) is 0 Å². The van der Waals surface area contributed by atoms with Crippen LogP contribution in [0.15, 0.2) is 18.2 Å². The summed E-state index contributed by atoms with van der Waals surface area (Å²) in [7, 11) is 0. The van der Waals surface area contributed by atoms with Gasteiger partial charge in [0.2, 0.25) is 0 Å². The van der Waals surface area contributed by atoms with Crippen molar-refractivity contribution < 1.29 is 19.4 Å². The zero-order chi connectivity index (χ0) is 12.4. The average molecular weight is 233 g/mol. The Balaban J connectivity index is 2.16. The van der Waals surface area contributed by atoms with Gasteiger partial charge in [0.1, 0.15) is 17.6 Å². The van der Waals surface area contributed by atoms with Crippen molar-refractivity contribution in [3.05, 3.63) is 23.8 Å². The standard InChI is InChI=1S/C12H11NO4/c1-7(6-13)16-9-3-2-8-4-11(12(14)15)17-10(8)5-9/h2-3,5,7,11H,4H2,1H3,(H,14,15). The minimum atomic E-state index is -0.978. The minimum absolute atomic E-state index is 0.360. The summed E-state index contributed by atoms with van der Waals surface area (Å²) in [5.41, 5.74) is 0.842. The molecule has 2 atom stereocenters. The number of carboxylic acid groups (broad SMARTS) is 1. The molecule has 5 nitrogen and oxygen atoms in total. The molecule has 0 spiro atoms. The van der Waals surface area contributed by atoms with Gasteiger partial charge < -0.3 is 14.6 Å². The number of carboxylic acids is 1. The van der Waals surface area contributed by atoms with Crippen molar-refractivity contribution in [3.8, 4) is 17.6 Å². The second-order valence-corrected chi connectivity index (χ2v) is 3.81. The third-order valence-electron chi connectivity index (χ3n) is 2.48. The van der Waals surface area contributed by atoms with Crippen molar-refractivity contribution in [1.29, 1.82) is 5.26 Å². The lowest BCUT2D eigenvalue weighted by molar-refractivity contribution is -0.144. The van der Waals surface area contributed by atoms with E-state index in [1.807, 2.05) is 6.07 Å². The van der Waals surface area contributed by atoms with Gasteiger partial charge >= 0.3 is 5.97 Å². The number of ether oxygens (including phenoxy) is 2. The predicted octanol–water partition coefficient (Wildman–Crippen LogP) is 1.37. The highest BCUT2D eigenvalue weighted by Crippen LogP contribution is 2.32. The Morgan fingerprint density at radius 1 is 1.71 bits per heavy atom. The zero-order valence-electron chi connectivity index (χ0n) is 9.21. The Kier molecular flexibility index (Phi) is 2.88. The Bertz CT molecular complexity index is 492. The maximum Gasteiger partial charge on any atom is 0.345 e. The number of aliphatic carboxylic acids is 1. The molecular weight excluding hydrogens is 222 g/mol. The first-order valence-electron chi connectivity index (χ1n) is 5.19. The molecule has 0 aromatic heterocycles. The topological polar surface area (TPSA) is 79.5 Å². The van der Waals surface area contributed by atoms with Crippen molar-refractivity contribution in [2.24, 2.45) is 0 Å². The number of fused-ring (bicyclic) bond motifs is 1. The molecule has 0 bridgehead atoms. The molecule has 1 N–H and O–H groups in total. The molecule has 0 saturated carbocycles. The van der Waals surface area contributed by atoms with Crippen LogP contribution in [0.1, 0.15) is 12.5 Å². The first-order chi connectivity index (χ1) is 8.10. The second kappa shape index (κ2) is 4.34. The molecule has 1 aliphatic rings. The fourth-order valence-corrected chi connectivity index (χ4v) is 1.65. The molecular formula is C12H11NO4. The monoisotopic (exact) mass is 233 g/mol. The van der Waals surface area contributed by atoms with Crippen LogP contribution in [0, 0.1) is 11.3 Å². The van der Waals surface area contributed by atoms with E-state index in [2.05, 4.69) is 0 Å². The molecule has 0 fully saturated rings. The summed E-state index contributed by atoms with van der Waals surface area (Å²) >= 11 is 0. The van der Waals surface area contributed by atoms with Gasteiger partial charge in [0.25, 0.3) is 0 Å². The van der Waals surface area contributed by atoms with Gasteiger partial charge in [-0.3, -0.25) is 0 Å². The Morgan fingerprint density at radius 2 is 2.47 bits per heavy atom. The Morgan fingerprint density at radius 3 is 3.12 bits per heavy atom. The molecule has 0 aliphatic carbocycles. The quantitative estimate of drug-likeness (QED) is 0.852. The van der Waals surface area contributed by atoms with Crippen molar-refractivity contribution in [2.45, 2.75) is 25.6 Å². The predicted molar refractivity (Wildman–Crippen MR) is 57.9 cm³/mol. The molecule has 0 saturated heterocycles. The molecule has 5 heteroatoms. The molecule has 2 rings (SSSR count). The van der Waals surface area contributed by atoms with Crippen molar-refractivity contribution in [1.82, 2.24) is 0 Å². The van der Waals surface area contributed by atoms with Gasteiger partial charge in [0, 0.05) is 12.5 Å². The molecule has 17 heavy (non-hydrogen) atoms. The average Bonchev–Trinajstić information content (AvgIpc) is 2.72. The minimum Gasteiger partial charge on any atom is -0.478 e. The molecule has 1 aromatic carbocycles. The van der Waals surface area contributed by atoms with Gasteiger partial charge in [0.15, 0.2) is 12.2 Å². The molecule has 1 aliphatic heterocycles. The van der Waals surface area contributed by atoms with E-state index in [0.29, 0.717) is 17.9 Å². The Hall–Kier alpha value is -2.22. The van der Waals surface area contributed by atoms with E-state index in [1.54, 1.807) is 25.1 Å². The van der Waals surface area contributed by atoms with Gasteiger partial charge in [-0.25, -0.2) is 4.79 Å². The van der Waals surface area contributed by atoms with Crippen LogP contribution in [0.25, 0.3) is 0 Å². The van der Waals surface area contributed by atoms with Gasteiger partial charge in [0.05, 0.1) is 0 Å². The van der Waals surface area contributed by atoms with E-state index in [4.69, 9.17) is 19.8 Å². The number of nitrogens with zero attached hydrogens (tertiary/aromatic N) is 1. The van der Waals surface area contributed by atoms with Gasteiger partial charge in [-0.05, 0) is 18.6 Å². The van der Waals surface area contributed by atoms with Gasteiger partial charge in [-0.15, -0.1) is 0 Å². The Labute approximate surface area is 98.2 Å². The molecule has 1 heterocycles. The van der Waals surface area contributed by atoms with E-state index < -0.39 is 18.2 Å². The van der Waals surface area contributed by atoms with Crippen LogP contribution in [-0.2, 0) is 11.2 Å². The number of hydrogen-bond acceptors (Lipinski definition) is 4. The maximum absolute atomic E-state index is 10.8. The van der Waals surface area contributed by atoms with Crippen molar-refractivity contribution in [3.63, 3.8) is 0 Å². The second-order valence-electron chi connectivity index (χ2n) is 3.81. The van der Waals surface area contributed by atoms with Gasteiger partial charge in [-0.1, -0.05) is 6.07 Å². The molecule has 2 unspecified atom stereocenters. The summed E-state index contributed by atoms with van der Waals surface area (Å²) in [6.45, 7) is 1.63. The van der Waals surface area contributed by atoms with Crippen LogP contribution >= 0.6 is 0 Å². The fourth-order valence-electron chi connectivity index (χ4n) is 1.65. The first-order valence-corrected chi connectivity index (χ1v) is 5.19. The molecule has 1 aromatic rings. The largest absolute Gasteiger partial charge is 0.478 e. The highest BCUT2D eigenvalue weighted by Gasteiger charge is 2.29. The fraction of sp³-hybridized carbons (Fsp3) is 0.333. The number of nitriles is 1. The van der Waals surface area contributed by atoms with Crippen LogP contribution in [0.3, 0.4) is 0 Å². The summed E-state index contributed by atoms with van der Waals surface area (Å²) in [5.74, 6) is 0.0398. The lowest BCUT2D eigenvalue weighted by Gasteiger charge is -2.09. The lowest BCUT2D eigenvalue weighted by atomic mass is 10.1. The summed E-state index contributed by atoms with van der Waals surface area (Å²) < 4.78 is 10.6. The van der Waals surface area contributed by atoms with Crippen molar-refractivity contribution >= 4 is 5.97 Å². The van der Waals surface area contributed by atoms with Crippen LogP contribution in [-0.4, -0.2) is 23.3 Å². The van der Waals surface area contributed by atoms with E-state index in [1.165, 1.54) is 0 Å². The smallest absolute Gasteiger partial charge is 0.345 e. The number of hydrogen-bond donors (Lipinski definition) is 1. The van der Waals surface area contributed by atoms with Gasteiger partial charge in [-0.2, -0.15) is 5.26 Å². The number of benzene rings is 1. The third kappa shape index (κ3) is 2.31. The highest BCUT2D eigenvalue weighted by atomic mass is 16.5. The third-order valence-corrected chi connectivity index (χ3v) is 2.48. The first kappa shape index (κ1) is 11.3. The molecule has 0 radical (unpaired) electrons. The summed E-state index contributed by atoms with van der Waals surface area (Å²) in [4.78, 5) is 10.8. The molecule has 88 valence electrons. The SMILES string of the molecule is CC(C#N)Oc1ccc2c(c1)OC(C(=O)O)C2. The van der Waals surface area contributed by atoms with E-state index >= 15 is 0 Å². The van der Waals surface area contributed by atoms with Crippen LogP contribution < -0.4 is 9.47 Å². The number of carbonyl (C=O) groups is 1. The normalized spacial score (nSPS) is 18.7. The maximum atomic E-state index is 10.8. The highest BCUT2D eigenvalue weighted by molar-refractivity contribution is 5.74. The van der Waals surface area contributed by atoms with Crippen LogP contribution in [0.4, 0.5) is 0 Å². The van der Waals surface area contributed by atoms with E-state index in [9.17, 15) is 4.79 Å². The van der Waals surface area contributed by atoms with Crippen molar-refractivity contribution in [2.75, 3.05) is 0 Å². The van der Waals surface area contributed by atoms with Crippen LogP contribution in [0.5, 0.6) is 11.5 Å². The lowest BCUT2D eigenvalue weighted by Crippen LogP contribution is -2.24. The summed E-state index contributed by atoms with van der Waals surface area (Å²) in [5, 5.41) is 17.5. The summed E-state index contributed by atoms with van der Waals surface area (Å²) in [6.07, 6.45) is -1.02. The van der Waals surface area contributed by atoms with E-state index in [0.717, 1.165) is 5.56 Å². The zero-order valence-corrected chi connectivity index (χ0v) is 9.21.